The lowest BCUT2D eigenvalue weighted by molar-refractivity contribution is -0.154. The maximum Gasteiger partial charge on any atom is 0.410 e. The summed E-state index contributed by atoms with van der Waals surface area (Å²) >= 11 is 11.7. The van der Waals surface area contributed by atoms with E-state index in [1.165, 1.54) is 4.90 Å². The van der Waals surface area contributed by atoms with Crippen LogP contribution in [0, 0.1) is 0 Å². The normalized spacial score (nSPS) is 17.2. The van der Waals surface area contributed by atoms with E-state index in [1.54, 1.807) is 51.4 Å². The number of pyridine rings is 2. The zero-order valence-electron chi connectivity index (χ0n) is 18.3. The zero-order valence-corrected chi connectivity index (χ0v) is 19.8. The van der Waals surface area contributed by atoms with Gasteiger partial charge in [0.1, 0.15) is 28.6 Å². The van der Waals surface area contributed by atoms with Crippen LogP contribution < -0.4 is 0 Å². The number of esters is 1. The van der Waals surface area contributed by atoms with Gasteiger partial charge in [-0.15, -0.1) is 0 Å². The standard InChI is InChI=1S/C22H26Cl2N4O4/c1-22(2,3)32-21(30)28-9-8-27(12-15-4-6-18(23)25-10-15)17(13-28)20(29)31-14-16-5-7-19(24)26-11-16/h4-7,10-11,17H,8-9,12-14H2,1-3H3/t17-/m1/s1. The Morgan fingerprint density at radius 2 is 1.66 bits per heavy atom. The van der Waals surface area contributed by atoms with Crippen LogP contribution in [0.25, 0.3) is 0 Å². The maximum absolute atomic E-state index is 13.0. The average molecular weight is 481 g/mol. The van der Waals surface area contributed by atoms with Gasteiger partial charge < -0.3 is 14.4 Å². The van der Waals surface area contributed by atoms with Gasteiger partial charge in [-0.1, -0.05) is 35.3 Å². The number of aromatic nitrogens is 2. The Kier molecular flexibility index (Phi) is 7.92. The summed E-state index contributed by atoms with van der Waals surface area (Å²) in [5.74, 6) is -0.435. The van der Waals surface area contributed by atoms with Crippen LogP contribution in [-0.4, -0.2) is 63.1 Å². The van der Waals surface area contributed by atoms with E-state index in [0.29, 0.717) is 29.9 Å². The minimum absolute atomic E-state index is 0.0578. The largest absolute Gasteiger partial charge is 0.460 e. The molecule has 0 spiro atoms. The molecule has 0 aromatic carbocycles. The first-order chi connectivity index (χ1) is 15.1. The van der Waals surface area contributed by atoms with Crippen molar-refractivity contribution in [2.75, 3.05) is 19.6 Å². The number of nitrogens with zero attached hydrogens (tertiary/aromatic N) is 4. The van der Waals surface area contributed by atoms with Gasteiger partial charge in [-0.05, 0) is 38.5 Å². The summed E-state index contributed by atoms with van der Waals surface area (Å²) in [6, 6.07) is 6.28. The molecule has 3 heterocycles. The SMILES string of the molecule is CC(C)(C)OC(=O)N1CCN(Cc2ccc(Cl)nc2)[C@@H](C(=O)OCc2ccc(Cl)nc2)C1. The van der Waals surface area contributed by atoms with Crippen molar-refractivity contribution in [2.24, 2.45) is 0 Å². The number of halogens is 2. The Balaban J connectivity index is 1.71. The van der Waals surface area contributed by atoms with Crippen LogP contribution in [0.5, 0.6) is 0 Å². The third kappa shape index (κ3) is 7.05. The van der Waals surface area contributed by atoms with Gasteiger partial charge in [0.05, 0.1) is 6.54 Å². The number of carbonyl (C=O) groups is 2. The molecular formula is C22H26Cl2N4O4. The fourth-order valence-corrected chi connectivity index (χ4v) is 3.43. The van der Waals surface area contributed by atoms with Crippen LogP contribution in [0.4, 0.5) is 4.79 Å². The number of ether oxygens (including phenoxy) is 2. The van der Waals surface area contributed by atoms with Gasteiger partial charge in [0.15, 0.2) is 0 Å². The Hall–Kier alpha value is -2.42. The highest BCUT2D eigenvalue weighted by molar-refractivity contribution is 6.29. The lowest BCUT2D eigenvalue weighted by Crippen LogP contribution is -2.58. The van der Waals surface area contributed by atoms with Crippen molar-refractivity contribution in [3.8, 4) is 0 Å². The van der Waals surface area contributed by atoms with Crippen LogP contribution in [0.15, 0.2) is 36.7 Å². The first-order valence-electron chi connectivity index (χ1n) is 10.2. The van der Waals surface area contributed by atoms with Crippen LogP contribution in [-0.2, 0) is 27.4 Å². The van der Waals surface area contributed by atoms with E-state index in [9.17, 15) is 9.59 Å². The third-order valence-corrected chi connectivity index (χ3v) is 5.21. The van der Waals surface area contributed by atoms with Crippen LogP contribution >= 0.6 is 23.2 Å². The molecule has 0 aliphatic carbocycles. The van der Waals surface area contributed by atoms with Crippen LogP contribution in [0.1, 0.15) is 31.9 Å². The predicted octanol–water partition coefficient (Wildman–Crippen LogP) is 3.95. The maximum atomic E-state index is 13.0. The van der Waals surface area contributed by atoms with Crippen LogP contribution in [0.3, 0.4) is 0 Å². The van der Waals surface area contributed by atoms with Gasteiger partial charge in [0.2, 0.25) is 0 Å². The zero-order chi connectivity index (χ0) is 23.3. The molecule has 172 valence electrons. The summed E-state index contributed by atoms with van der Waals surface area (Å²) in [6.45, 7) is 7.01. The molecule has 0 unspecified atom stereocenters. The van der Waals surface area contributed by atoms with E-state index in [1.807, 2.05) is 11.0 Å². The lowest BCUT2D eigenvalue weighted by Gasteiger charge is -2.40. The van der Waals surface area contributed by atoms with Crippen molar-refractivity contribution in [3.63, 3.8) is 0 Å². The highest BCUT2D eigenvalue weighted by atomic mass is 35.5. The van der Waals surface area contributed by atoms with Gasteiger partial charge in [0.25, 0.3) is 0 Å². The number of piperazine rings is 1. The minimum atomic E-state index is -0.660. The molecule has 1 amide bonds. The van der Waals surface area contributed by atoms with Gasteiger partial charge in [-0.2, -0.15) is 0 Å². The topological polar surface area (TPSA) is 84.9 Å². The Morgan fingerprint density at radius 3 is 2.22 bits per heavy atom. The smallest absolute Gasteiger partial charge is 0.410 e. The summed E-state index contributed by atoms with van der Waals surface area (Å²) in [5, 5.41) is 0.763. The van der Waals surface area contributed by atoms with Crippen molar-refractivity contribution < 1.29 is 19.1 Å². The number of hydrogen-bond donors (Lipinski definition) is 0. The first kappa shape index (κ1) is 24.2. The van der Waals surface area contributed by atoms with Gasteiger partial charge >= 0.3 is 12.1 Å². The van der Waals surface area contributed by atoms with Crippen molar-refractivity contribution >= 4 is 35.3 Å². The number of carbonyl (C=O) groups excluding carboxylic acids is 2. The third-order valence-electron chi connectivity index (χ3n) is 4.76. The van der Waals surface area contributed by atoms with Crippen LogP contribution in [0.2, 0.25) is 10.3 Å². The lowest BCUT2D eigenvalue weighted by atomic mass is 10.1. The molecule has 1 saturated heterocycles. The minimum Gasteiger partial charge on any atom is -0.460 e. The van der Waals surface area contributed by atoms with Gasteiger partial charge in [-0.3, -0.25) is 9.69 Å². The molecule has 8 nitrogen and oxygen atoms in total. The van der Waals surface area contributed by atoms with E-state index in [4.69, 9.17) is 32.7 Å². The second kappa shape index (κ2) is 10.5. The fraction of sp³-hybridized carbons (Fsp3) is 0.455. The molecule has 1 aliphatic rings. The Bertz CT molecular complexity index is 932. The van der Waals surface area contributed by atoms with E-state index < -0.39 is 23.7 Å². The average Bonchev–Trinajstić information content (AvgIpc) is 2.73. The van der Waals surface area contributed by atoms with E-state index in [-0.39, 0.29) is 13.2 Å². The molecule has 1 fully saturated rings. The molecule has 0 N–H and O–H groups in total. The van der Waals surface area contributed by atoms with Crippen molar-refractivity contribution in [2.45, 2.75) is 45.6 Å². The quantitative estimate of drug-likeness (QED) is 0.472. The molecule has 0 radical (unpaired) electrons. The van der Waals surface area contributed by atoms with E-state index in [0.717, 1.165) is 11.1 Å². The molecular weight excluding hydrogens is 455 g/mol. The van der Waals surface area contributed by atoms with E-state index in [2.05, 4.69) is 9.97 Å². The van der Waals surface area contributed by atoms with Gasteiger partial charge in [-0.25, -0.2) is 14.8 Å². The van der Waals surface area contributed by atoms with Crippen molar-refractivity contribution in [1.82, 2.24) is 19.8 Å². The molecule has 1 atom stereocenters. The second-order valence-corrected chi connectivity index (χ2v) is 9.27. The monoisotopic (exact) mass is 480 g/mol. The molecule has 1 aliphatic heterocycles. The molecule has 2 aromatic heterocycles. The molecule has 3 rings (SSSR count). The number of amides is 1. The van der Waals surface area contributed by atoms with Gasteiger partial charge in [0, 0.05) is 37.6 Å². The molecule has 0 bridgehead atoms. The second-order valence-electron chi connectivity index (χ2n) is 8.50. The number of hydrogen-bond acceptors (Lipinski definition) is 7. The van der Waals surface area contributed by atoms with Crippen molar-refractivity contribution in [3.05, 3.63) is 58.1 Å². The summed E-state index contributed by atoms with van der Waals surface area (Å²) in [6.07, 6.45) is 2.77. The summed E-state index contributed by atoms with van der Waals surface area (Å²) in [7, 11) is 0. The highest BCUT2D eigenvalue weighted by Gasteiger charge is 2.37. The Labute approximate surface area is 197 Å². The molecule has 0 saturated carbocycles. The highest BCUT2D eigenvalue weighted by Crippen LogP contribution is 2.19. The molecule has 10 heteroatoms. The summed E-state index contributed by atoms with van der Waals surface area (Å²) in [4.78, 5) is 37.2. The molecule has 2 aromatic rings. The first-order valence-corrected chi connectivity index (χ1v) is 11.0. The molecule has 32 heavy (non-hydrogen) atoms. The summed E-state index contributed by atoms with van der Waals surface area (Å²) < 4.78 is 11.0. The summed E-state index contributed by atoms with van der Waals surface area (Å²) in [5.41, 5.74) is 0.997. The Morgan fingerprint density at radius 1 is 1.03 bits per heavy atom. The van der Waals surface area contributed by atoms with Crippen molar-refractivity contribution in [1.29, 1.82) is 0 Å². The van der Waals surface area contributed by atoms with E-state index >= 15 is 0 Å². The predicted molar refractivity (Wildman–Crippen MR) is 120 cm³/mol. The number of rotatable bonds is 5. The fourth-order valence-electron chi connectivity index (χ4n) is 3.20.